The summed E-state index contributed by atoms with van der Waals surface area (Å²) < 4.78 is 0. The summed E-state index contributed by atoms with van der Waals surface area (Å²) in [6, 6.07) is 8.91. The lowest BCUT2D eigenvalue weighted by Crippen LogP contribution is -2.07. The van der Waals surface area contributed by atoms with Gasteiger partial charge in [-0.3, -0.25) is 0 Å². The number of hydrogen-bond donors (Lipinski definition) is 1. The Morgan fingerprint density at radius 1 is 1.36 bits per heavy atom. The average molecular weight is 187 g/mol. The molecule has 0 amide bonds. The van der Waals surface area contributed by atoms with Crippen molar-refractivity contribution in [2.75, 3.05) is 13.1 Å². The van der Waals surface area contributed by atoms with E-state index in [1.165, 1.54) is 29.5 Å². The van der Waals surface area contributed by atoms with E-state index in [1.807, 2.05) is 0 Å². The van der Waals surface area contributed by atoms with Gasteiger partial charge in [0.2, 0.25) is 0 Å². The predicted molar refractivity (Wildman–Crippen MR) is 61.3 cm³/mol. The predicted octanol–water partition coefficient (Wildman–Crippen LogP) is 2.63. The second-order valence-electron chi connectivity index (χ2n) is 3.81. The van der Waals surface area contributed by atoms with Gasteiger partial charge in [0.05, 0.1) is 0 Å². The van der Waals surface area contributed by atoms with Crippen LogP contribution in [0.1, 0.15) is 24.5 Å². The van der Waals surface area contributed by atoms with E-state index >= 15 is 0 Å². The molecule has 0 atom stereocenters. The molecule has 1 aliphatic heterocycles. The zero-order valence-corrected chi connectivity index (χ0v) is 8.72. The molecule has 2 rings (SSSR count). The van der Waals surface area contributed by atoms with Gasteiger partial charge in [-0.05, 0) is 23.1 Å². The molecule has 0 aromatic heterocycles. The molecule has 0 fully saturated rings. The molecule has 1 nitrogen and oxygen atoms in total. The van der Waals surface area contributed by atoms with Crippen molar-refractivity contribution < 1.29 is 0 Å². The Kier molecular flexibility index (Phi) is 3.00. The van der Waals surface area contributed by atoms with Gasteiger partial charge in [0.25, 0.3) is 0 Å². The zero-order chi connectivity index (χ0) is 9.80. The van der Waals surface area contributed by atoms with E-state index in [9.17, 15) is 0 Å². The van der Waals surface area contributed by atoms with Crippen molar-refractivity contribution in [2.24, 2.45) is 0 Å². The monoisotopic (exact) mass is 187 g/mol. The van der Waals surface area contributed by atoms with Crippen molar-refractivity contribution >= 4 is 5.57 Å². The Morgan fingerprint density at radius 2 is 2.29 bits per heavy atom. The average Bonchev–Trinajstić information content (AvgIpc) is 2.71. The van der Waals surface area contributed by atoms with Crippen LogP contribution in [0.3, 0.4) is 0 Å². The first-order valence-corrected chi connectivity index (χ1v) is 5.39. The largest absolute Gasteiger partial charge is 0.309 e. The van der Waals surface area contributed by atoms with Crippen LogP contribution in [-0.4, -0.2) is 13.1 Å². The second kappa shape index (κ2) is 4.43. The zero-order valence-electron chi connectivity index (χ0n) is 8.72. The number of hydrogen-bond acceptors (Lipinski definition) is 1. The molecule has 0 spiro atoms. The minimum atomic E-state index is 1.02. The molecule has 0 saturated heterocycles. The van der Waals surface area contributed by atoms with Crippen molar-refractivity contribution in [3.63, 3.8) is 0 Å². The van der Waals surface area contributed by atoms with Crippen LogP contribution in [0.15, 0.2) is 30.3 Å². The third kappa shape index (κ3) is 2.05. The highest BCUT2D eigenvalue weighted by Gasteiger charge is 2.06. The molecule has 1 aromatic rings. The maximum absolute atomic E-state index is 3.33. The fourth-order valence-electron chi connectivity index (χ4n) is 1.91. The molecule has 0 saturated carbocycles. The molecular formula is C13H17N. The van der Waals surface area contributed by atoms with Gasteiger partial charge in [0.1, 0.15) is 0 Å². The Hall–Kier alpha value is -1.08. The summed E-state index contributed by atoms with van der Waals surface area (Å²) in [5.74, 6) is 0. The second-order valence-corrected chi connectivity index (χ2v) is 3.81. The van der Waals surface area contributed by atoms with E-state index in [0.29, 0.717) is 0 Å². The summed E-state index contributed by atoms with van der Waals surface area (Å²) in [5.41, 5.74) is 4.29. The molecule has 1 N–H and O–H groups in total. The van der Waals surface area contributed by atoms with Crippen LogP contribution in [0, 0.1) is 0 Å². The summed E-state index contributed by atoms with van der Waals surface area (Å²) in [5, 5.41) is 3.33. The smallest absolute Gasteiger partial charge is 0.0211 e. The molecule has 0 bridgehead atoms. The molecule has 1 heteroatoms. The van der Waals surface area contributed by atoms with Gasteiger partial charge < -0.3 is 5.32 Å². The maximum atomic E-state index is 3.33. The maximum Gasteiger partial charge on any atom is 0.0211 e. The summed E-state index contributed by atoms with van der Waals surface area (Å²) in [4.78, 5) is 0. The number of rotatable bonds is 3. The topological polar surface area (TPSA) is 12.0 Å². The van der Waals surface area contributed by atoms with E-state index in [-0.39, 0.29) is 0 Å². The van der Waals surface area contributed by atoms with Gasteiger partial charge in [-0.2, -0.15) is 0 Å². The lowest BCUT2D eigenvalue weighted by atomic mass is 10.0. The van der Waals surface area contributed by atoms with Gasteiger partial charge in [-0.15, -0.1) is 0 Å². The third-order valence-electron chi connectivity index (χ3n) is 2.64. The van der Waals surface area contributed by atoms with Gasteiger partial charge in [0.15, 0.2) is 0 Å². The SMILES string of the molecule is CCCc1cccc(C2=CCNC2)c1. The molecule has 1 aromatic carbocycles. The Bertz CT molecular complexity index is 339. The fourth-order valence-corrected chi connectivity index (χ4v) is 1.91. The highest BCUT2D eigenvalue weighted by atomic mass is 14.9. The third-order valence-corrected chi connectivity index (χ3v) is 2.64. The van der Waals surface area contributed by atoms with Gasteiger partial charge in [-0.25, -0.2) is 0 Å². The lowest BCUT2D eigenvalue weighted by molar-refractivity contribution is 0.896. The van der Waals surface area contributed by atoms with Crippen molar-refractivity contribution in [1.29, 1.82) is 0 Å². The number of benzene rings is 1. The molecule has 0 aliphatic carbocycles. The molecule has 74 valence electrons. The van der Waals surface area contributed by atoms with E-state index in [4.69, 9.17) is 0 Å². The molecular weight excluding hydrogens is 170 g/mol. The Balaban J connectivity index is 2.21. The Morgan fingerprint density at radius 3 is 3.00 bits per heavy atom. The van der Waals surface area contributed by atoms with Gasteiger partial charge in [0, 0.05) is 13.1 Å². The summed E-state index contributed by atoms with van der Waals surface area (Å²) in [7, 11) is 0. The van der Waals surface area contributed by atoms with E-state index < -0.39 is 0 Å². The normalized spacial score (nSPS) is 15.6. The quantitative estimate of drug-likeness (QED) is 0.767. The van der Waals surface area contributed by atoms with Crippen LogP contribution in [0.4, 0.5) is 0 Å². The highest BCUT2D eigenvalue weighted by Crippen LogP contribution is 2.18. The van der Waals surface area contributed by atoms with Crippen molar-refractivity contribution in [1.82, 2.24) is 5.32 Å². The first kappa shape index (κ1) is 9.47. The van der Waals surface area contributed by atoms with Crippen LogP contribution in [-0.2, 0) is 6.42 Å². The summed E-state index contributed by atoms with van der Waals surface area (Å²) >= 11 is 0. The van der Waals surface area contributed by atoms with Gasteiger partial charge >= 0.3 is 0 Å². The Labute approximate surface area is 85.8 Å². The van der Waals surface area contributed by atoms with E-state index in [0.717, 1.165) is 13.1 Å². The molecule has 1 heterocycles. The van der Waals surface area contributed by atoms with Crippen LogP contribution in [0.25, 0.3) is 5.57 Å². The number of nitrogens with one attached hydrogen (secondary N) is 1. The van der Waals surface area contributed by atoms with E-state index in [1.54, 1.807) is 0 Å². The molecule has 1 aliphatic rings. The molecule has 0 unspecified atom stereocenters. The van der Waals surface area contributed by atoms with Gasteiger partial charge in [-0.1, -0.05) is 43.7 Å². The lowest BCUT2D eigenvalue weighted by Gasteiger charge is -2.04. The standard InChI is InChI=1S/C13H17N/c1-2-4-11-5-3-6-12(9-11)13-7-8-14-10-13/h3,5-7,9,14H,2,4,8,10H2,1H3. The first-order chi connectivity index (χ1) is 6.90. The first-order valence-electron chi connectivity index (χ1n) is 5.39. The highest BCUT2D eigenvalue weighted by molar-refractivity contribution is 5.69. The van der Waals surface area contributed by atoms with Crippen LogP contribution in [0.2, 0.25) is 0 Å². The summed E-state index contributed by atoms with van der Waals surface area (Å²) in [6.45, 7) is 4.27. The van der Waals surface area contributed by atoms with E-state index in [2.05, 4.69) is 42.6 Å². The van der Waals surface area contributed by atoms with Crippen LogP contribution < -0.4 is 5.32 Å². The van der Waals surface area contributed by atoms with Crippen molar-refractivity contribution in [3.8, 4) is 0 Å². The summed E-state index contributed by atoms with van der Waals surface area (Å²) in [6.07, 6.45) is 4.69. The van der Waals surface area contributed by atoms with Crippen molar-refractivity contribution in [3.05, 3.63) is 41.5 Å². The minimum absolute atomic E-state index is 1.02. The molecule has 14 heavy (non-hydrogen) atoms. The minimum Gasteiger partial charge on any atom is -0.309 e. The molecule has 0 radical (unpaired) electrons. The number of aryl methyl sites for hydroxylation is 1. The van der Waals surface area contributed by atoms with Crippen LogP contribution >= 0.6 is 0 Å². The fraction of sp³-hybridized carbons (Fsp3) is 0.385. The van der Waals surface area contributed by atoms with Crippen molar-refractivity contribution in [2.45, 2.75) is 19.8 Å². The van der Waals surface area contributed by atoms with Crippen LogP contribution in [0.5, 0.6) is 0 Å².